The van der Waals surface area contributed by atoms with E-state index >= 15 is 0 Å². The van der Waals surface area contributed by atoms with Gasteiger partial charge in [-0.3, -0.25) is 0 Å². The molecule has 1 atom stereocenters. The van der Waals surface area contributed by atoms with Crippen LogP contribution in [0.4, 0.5) is 0 Å². The summed E-state index contributed by atoms with van der Waals surface area (Å²) in [7, 11) is -2.23. The minimum Gasteiger partial charge on any atom is -0.521 e. The molecule has 82 valence electrons. The van der Waals surface area contributed by atoms with Gasteiger partial charge in [0.05, 0.1) is 5.76 Å². The van der Waals surface area contributed by atoms with Crippen LogP contribution in [0, 0.1) is 5.41 Å². The van der Waals surface area contributed by atoms with E-state index in [0.29, 0.717) is 6.61 Å². The summed E-state index contributed by atoms with van der Waals surface area (Å²) >= 11 is 0. The molecule has 0 amide bonds. The van der Waals surface area contributed by atoms with E-state index in [1.165, 1.54) is 0 Å². The molecule has 0 aromatic rings. The Morgan fingerprint density at radius 1 is 1.43 bits per heavy atom. The van der Waals surface area contributed by atoms with E-state index in [9.17, 15) is 0 Å². The van der Waals surface area contributed by atoms with E-state index in [0.717, 1.165) is 5.76 Å². The maximum Gasteiger partial charge on any atom is 0.422 e. The van der Waals surface area contributed by atoms with Crippen molar-refractivity contribution in [2.45, 2.75) is 34.2 Å². The average molecular weight is 214 g/mol. The molecule has 0 fully saturated rings. The Hall–Kier alpha value is -0.543. The molecule has 2 nitrogen and oxygen atoms in total. The van der Waals surface area contributed by atoms with E-state index in [-0.39, 0.29) is 5.41 Å². The van der Waals surface area contributed by atoms with Crippen LogP contribution in [0.2, 0.25) is 6.55 Å². The van der Waals surface area contributed by atoms with Gasteiger partial charge in [0.2, 0.25) is 0 Å². The molecular weight excluding hydrogens is 192 g/mol. The van der Waals surface area contributed by atoms with Crippen LogP contribution in [0.1, 0.15) is 27.7 Å². The summed E-state index contributed by atoms with van der Waals surface area (Å²) < 4.78 is 11.4. The number of allylic oxidation sites excluding steroid dienone is 1. The first-order chi connectivity index (χ1) is 6.25. The van der Waals surface area contributed by atoms with Crippen LogP contribution in [0.15, 0.2) is 24.6 Å². The zero-order valence-corrected chi connectivity index (χ0v) is 11.0. The van der Waals surface area contributed by atoms with Gasteiger partial charge < -0.3 is 8.85 Å². The maximum absolute atomic E-state index is 5.80. The zero-order chi connectivity index (χ0) is 11.4. The molecule has 0 aromatic carbocycles. The molecular formula is C11H22O2Si. The molecule has 14 heavy (non-hydrogen) atoms. The van der Waals surface area contributed by atoms with E-state index in [1.807, 2.05) is 13.5 Å². The third kappa shape index (κ3) is 4.11. The van der Waals surface area contributed by atoms with Crippen molar-refractivity contribution >= 4 is 8.56 Å². The highest BCUT2D eigenvalue weighted by molar-refractivity contribution is 6.71. The van der Waals surface area contributed by atoms with Gasteiger partial charge in [-0.25, -0.2) is 0 Å². The minimum atomic E-state index is -2.23. The fourth-order valence-electron chi connectivity index (χ4n) is 0.814. The quantitative estimate of drug-likeness (QED) is 0.516. The molecule has 0 bridgehead atoms. The summed E-state index contributed by atoms with van der Waals surface area (Å²) in [5.41, 5.74) is 1.74. The maximum atomic E-state index is 5.80. The fraction of sp³-hybridized carbons (Fsp3) is 0.636. The molecule has 0 saturated heterocycles. The molecule has 0 saturated carbocycles. The van der Waals surface area contributed by atoms with Crippen LogP contribution in [-0.4, -0.2) is 15.2 Å². The van der Waals surface area contributed by atoms with Gasteiger partial charge in [0.15, 0.2) is 0 Å². The molecule has 0 aliphatic heterocycles. The normalized spacial score (nSPS) is 15.8. The summed E-state index contributed by atoms with van der Waals surface area (Å²) in [6, 6.07) is 0. The number of rotatable bonds is 5. The monoisotopic (exact) mass is 214 g/mol. The molecule has 0 N–H and O–H groups in total. The van der Waals surface area contributed by atoms with Gasteiger partial charge in [-0.05, 0) is 19.2 Å². The van der Waals surface area contributed by atoms with Crippen LogP contribution in [-0.2, 0) is 8.85 Å². The van der Waals surface area contributed by atoms with Gasteiger partial charge in [0, 0.05) is 12.0 Å². The Morgan fingerprint density at radius 3 is 2.21 bits per heavy atom. The first-order valence-corrected chi connectivity index (χ1v) is 7.30. The molecule has 0 rings (SSSR count). The third-order valence-corrected chi connectivity index (χ3v) is 4.22. The Kier molecular flexibility index (Phi) is 4.61. The summed E-state index contributed by atoms with van der Waals surface area (Å²) in [5, 5.41) is 0. The SMILES string of the molecule is C=C[Si](C)(OCC)OC(=C)C(C)(C)C. The van der Waals surface area contributed by atoms with Crippen molar-refractivity contribution in [2.75, 3.05) is 6.61 Å². The molecule has 0 spiro atoms. The van der Waals surface area contributed by atoms with Crippen molar-refractivity contribution in [1.82, 2.24) is 0 Å². The summed E-state index contributed by atoms with van der Waals surface area (Å²) in [6.07, 6.45) is 0. The summed E-state index contributed by atoms with van der Waals surface area (Å²) in [5.74, 6) is 0.764. The van der Waals surface area contributed by atoms with Crippen LogP contribution >= 0.6 is 0 Å². The highest BCUT2D eigenvalue weighted by atomic mass is 28.4. The predicted molar refractivity (Wildman–Crippen MR) is 63.1 cm³/mol. The number of hydrogen-bond acceptors (Lipinski definition) is 2. The lowest BCUT2D eigenvalue weighted by atomic mass is 9.95. The van der Waals surface area contributed by atoms with Gasteiger partial charge in [-0.2, -0.15) is 0 Å². The van der Waals surface area contributed by atoms with Gasteiger partial charge in [0.25, 0.3) is 0 Å². The standard InChI is InChI=1S/C11H22O2Si/c1-8-12-14(7,9-2)13-10(3)11(4,5)6/h9H,2-3,8H2,1,4-7H3. The second-order valence-corrected chi connectivity index (χ2v) is 7.36. The predicted octanol–water partition coefficient (Wildman–Crippen LogP) is 3.40. The second kappa shape index (κ2) is 4.80. The van der Waals surface area contributed by atoms with E-state index in [4.69, 9.17) is 8.85 Å². The first-order valence-electron chi connectivity index (χ1n) is 4.91. The van der Waals surface area contributed by atoms with Crippen molar-refractivity contribution in [3.05, 3.63) is 24.6 Å². The van der Waals surface area contributed by atoms with Gasteiger partial charge in [-0.15, -0.1) is 6.58 Å². The largest absolute Gasteiger partial charge is 0.521 e. The lowest BCUT2D eigenvalue weighted by molar-refractivity contribution is 0.198. The summed E-state index contributed by atoms with van der Waals surface area (Å²) in [4.78, 5) is 0. The highest BCUT2D eigenvalue weighted by Crippen LogP contribution is 2.27. The van der Waals surface area contributed by atoms with E-state index in [2.05, 4.69) is 33.9 Å². The minimum absolute atomic E-state index is 0.0473. The van der Waals surface area contributed by atoms with Crippen molar-refractivity contribution in [1.29, 1.82) is 0 Å². The summed E-state index contributed by atoms with van der Waals surface area (Å²) in [6.45, 7) is 18.5. The molecule has 0 heterocycles. The average Bonchev–Trinajstić information content (AvgIpc) is 2.03. The first kappa shape index (κ1) is 13.5. The Labute approximate surface area is 88.9 Å². The molecule has 0 aromatic heterocycles. The van der Waals surface area contributed by atoms with Gasteiger partial charge >= 0.3 is 8.56 Å². The van der Waals surface area contributed by atoms with Crippen molar-refractivity contribution < 1.29 is 8.85 Å². The van der Waals surface area contributed by atoms with Gasteiger partial charge in [-0.1, -0.05) is 27.4 Å². The smallest absolute Gasteiger partial charge is 0.422 e. The fourth-order valence-corrected chi connectivity index (χ4v) is 2.44. The van der Waals surface area contributed by atoms with Crippen molar-refractivity contribution in [3.8, 4) is 0 Å². The van der Waals surface area contributed by atoms with Crippen LogP contribution in [0.5, 0.6) is 0 Å². The van der Waals surface area contributed by atoms with Crippen molar-refractivity contribution in [3.63, 3.8) is 0 Å². The van der Waals surface area contributed by atoms with Crippen molar-refractivity contribution in [2.24, 2.45) is 5.41 Å². The third-order valence-electron chi connectivity index (χ3n) is 1.96. The number of hydrogen-bond donors (Lipinski definition) is 0. The molecule has 1 unspecified atom stereocenters. The lowest BCUT2D eigenvalue weighted by Gasteiger charge is -2.30. The Balaban J connectivity index is 4.47. The molecule has 0 aliphatic carbocycles. The lowest BCUT2D eigenvalue weighted by Crippen LogP contribution is -2.38. The topological polar surface area (TPSA) is 18.5 Å². The second-order valence-electron chi connectivity index (χ2n) is 4.43. The van der Waals surface area contributed by atoms with Crippen LogP contribution in [0.3, 0.4) is 0 Å². The van der Waals surface area contributed by atoms with E-state index in [1.54, 1.807) is 5.70 Å². The highest BCUT2D eigenvalue weighted by Gasteiger charge is 2.32. The Morgan fingerprint density at radius 2 is 1.93 bits per heavy atom. The molecule has 0 radical (unpaired) electrons. The molecule has 0 aliphatic rings. The van der Waals surface area contributed by atoms with Crippen LogP contribution in [0.25, 0.3) is 0 Å². The van der Waals surface area contributed by atoms with Crippen LogP contribution < -0.4 is 0 Å². The zero-order valence-electron chi connectivity index (χ0n) is 10.0. The van der Waals surface area contributed by atoms with E-state index < -0.39 is 8.56 Å². The Bertz CT molecular complexity index is 218. The molecule has 3 heteroatoms. The van der Waals surface area contributed by atoms with Gasteiger partial charge in [0.1, 0.15) is 0 Å².